The number of nitrogens with two attached hydrogens (primary N) is 2. The van der Waals surface area contributed by atoms with Gasteiger partial charge in [-0.3, -0.25) is 14.6 Å². The molecule has 104 valence electrons. The van der Waals surface area contributed by atoms with Gasteiger partial charge in [0.1, 0.15) is 5.69 Å². The fourth-order valence-corrected chi connectivity index (χ4v) is 1.59. The molecule has 0 atom stereocenters. The lowest BCUT2D eigenvalue weighted by Crippen LogP contribution is -2.37. The minimum atomic E-state index is -0.936. The number of hydrogen-bond acceptors (Lipinski definition) is 4. The number of aromatic nitrogens is 2. The monoisotopic (exact) mass is 264 g/mol. The smallest absolute Gasteiger partial charge is 0.269 e. The molecule has 0 saturated carbocycles. The number of primary amides is 2. The lowest BCUT2D eigenvalue weighted by Gasteiger charge is -2.21. The molecule has 19 heavy (non-hydrogen) atoms. The van der Waals surface area contributed by atoms with E-state index in [1.165, 1.54) is 6.20 Å². The molecule has 0 unspecified atom stereocenters. The van der Waals surface area contributed by atoms with Crippen molar-refractivity contribution in [2.75, 3.05) is 0 Å². The number of carbonyl (C=O) groups excluding carboxylic acids is 2. The topological polar surface area (TPSA) is 112 Å². The van der Waals surface area contributed by atoms with Crippen molar-refractivity contribution in [2.24, 2.45) is 17.4 Å². The van der Waals surface area contributed by atoms with Crippen LogP contribution in [-0.2, 0) is 16.6 Å². The first-order chi connectivity index (χ1) is 8.66. The van der Waals surface area contributed by atoms with Crippen molar-refractivity contribution in [3.63, 3.8) is 0 Å². The summed E-state index contributed by atoms with van der Waals surface area (Å²) >= 11 is 0. The summed E-state index contributed by atoms with van der Waals surface area (Å²) in [5.74, 6) is -0.824. The first kappa shape index (κ1) is 15.1. The number of amides is 2. The third-order valence-electron chi connectivity index (χ3n) is 2.94. The molecule has 0 saturated heterocycles. The normalized spacial score (nSPS) is 11.6. The van der Waals surface area contributed by atoms with E-state index in [0.29, 0.717) is 23.7 Å². The Bertz CT molecular complexity index is 509. The third-order valence-corrected chi connectivity index (χ3v) is 2.94. The highest BCUT2D eigenvalue weighted by atomic mass is 16.1. The molecule has 0 radical (unpaired) electrons. The van der Waals surface area contributed by atoms with Crippen molar-refractivity contribution in [3.8, 4) is 0 Å². The Morgan fingerprint density at radius 3 is 2.32 bits per heavy atom. The minimum Gasteiger partial charge on any atom is -0.369 e. The summed E-state index contributed by atoms with van der Waals surface area (Å²) in [6.45, 7) is 7.33. The Morgan fingerprint density at radius 1 is 1.32 bits per heavy atom. The molecule has 4 N–H and O–H groups in total. The fourth-order valence-electron chi connectivity index (χ4n) is 1.59. The summed E-state index contributed by atoms with van der Waals surface area (Å²) in [5.41, 5.74) is 10.8. The summed E-state index contributed by atoms with van der Waals surface area (Å²) < 4.78 is 0. The minimum absolute atomic E-state index is 0.151. The Balaban J connectivity index is 3.33. The van der Waals surface area contributed by atoms with Gasteiger partial charge in [0.25, 0.3) is 5.91 Å². The molecule has 6 heteroatoms. The SMILES string of the molecule is CC(C)Cc1nc(C(C)(C)C(N)=O)cnc1C(N)=O. The van der Waals surface area contributed by atoms with Crippen LogP contribution in [0.25, 0.3) is 0 Å². The summed E-state index contributed by atoms with van der Waals surface area (Å²) in [6.07, 6.45) is 1.95. The third kappa shape index (κ3) is 3.27. The molecule has 0 spiro atoms. The number of hydrogen-bond donors (Lipinski definition) is 2. The van der Waals surface area contributed by atoms with E-state index in [0.717, 1.165) is 0 Å². The first-order valence-corrected chi connectivity index (χ1v) is 6.12. The highest BCUT2D eigenvalue weighted by Crippen LogP contribution is 2.21. The van der Waals surface area contributed by atoms with Gasteiger partial charge in [0.2, 0.25) is 5.91 Å². The second kappa shape index (κ2) is 5.34. The average Bonchev–Trinajstić information content (AvgIpc) is 2.27. The molecule has 0 aliphatic carbocycles. The summed E-state index contributed by atoms with van der Waals surface area (Å²) in [5, 5.41) is 0. The summed E-state index contributed by atoms with van der Waals surface area (Å²) in [4.78, 5) is 31.2. The summed E-state index contributed by atoms with van der Waals surface area (Å²) in [6, 6.07) is 0. The second-order valence-electron chi connectivity index (χ2n) is 5.50. The lowest BCUT2D eigenvalue weighted by atomic mass is 9.88. The van der Waals surface area contributed by atoms with E-state index in [4.69, 9.17) is 11.5 Å². The Hall–Kier alpha value is -1.98. The van der Waals surface area contributed by atoms with Gasteiger partial charge in [-0.15, -0.1) is 0 Å². The van der Waals surface area contributed by atoms with E-state index in [1.807, 2.05) is 13.8 Å². The molecule has 0 aliphatic rings. The van der Waals surface area contributed by atoms with Crippen molar-refractivity contribution >= 4 is 11.8 Å². The van der Waals surface area contributed by atoms with E-state index in [2.05, 4.69) is 9.97 Å². The molecule has 1 aromatic rings. The van der Waals surface area contributed by atoms with Crippen molar-refractivity contribution in [1.29, 1.82) is 0 Å². The highest BCUT2D eigenvalue weighted by Gasteiger charge is 2.30. The molecule has 0 aliphatic heterocycles. The van der Waals surface area contributed by atoms with Crippen LogP contribution in [0.3, 0.4) is 0 Å². The van der Waals surface area contributed by atoms with Gasteiger partial charge < -0.3 is 11.5 Å². The van der Waals surface area contributed by atoms with E-state index < -0.39 is 17.2 Å². The van der Waals surface area contributed by atoms with Gasteiger partial charge in [-0.2, -0.15) is 0 Å². The molecule has 0 aromatic carbocycles. The maximum atomic E-state index is 11.4. The molecule has 1 rings (SSSR count). The maximum absolute atomic E-state index is 11.4. The van der Waals surface area contributed by atoms with E-state index in [1.54, 1.807) is 13.8 Å². The first-order valence-electron chi connectivity index (χ1n) is 6.12. The number of nitrogens with zero attached hydrogens (tertiary/aromatic N) is 2. The molecule has 1 aromatic heterocycles. The zero-order valence-corrected chi connectivity index (χ0v) is 11.7. The zero-order chi connectivity index (χ0) is 14.8. The van der Waals surface area contributed by atoms with Crippen molar-refractivity contribution < 1.29 is 9.59 Å². The second-order valence-corrected chi connectivity index (χ2v) is 5.50. The largest absolute Gasteiger partial charge is 0.369 e. The van der Waals surface area contributed by atoms with Crippen LogP contribution < -0.4 is 11.5 Å². The zero-order valence-electron chi connectivity index (χ0n) is 11.7. The van der Waals surface area contributed by atoms with Crippen LogP contribution >= 0.6 is 0 Å². The Labute approximate surface area is 112 Å². The van der Waals surface area contributed by atoms with Crippen LogP contribution in [0.2, 0.25) is 0 Å². The quantitative estimate of drug-likeness (QED) is 0.808. The maximum Gasteiger partial charge on any atom is 0.269 e. The van der Waals surface area contributed by atoms with Gasteiger partial charge in [-0.1, -0.05) is 13.8 Å². The van der Waals surface area contributed by atoms with Crippen molar-refractivity contribution in [2.45, 2.75) is 39.5 Å². The van der Waals surface area contributed by atoms with Gasteiger partial charge in [-0.25, -0.2) is 4.98 Å². The molecular formula is C13H20N4O2. The van der Waals surface area contributed by atoms with Crippen LogP contribution in [0.4, 0.5) is 0 Å². The fraction of sp³-hybridized carbons (Fsp3) is 0.538. The van der Waals surface area contributed by atoms with Crippen molar-refractivity contribution in [3.05, 3.63) is 23.3 Å². The molecule has 0 fully saturated rings. The van der Waals surface area contributed by atoms with E-state index >= 15 is 0 Å². The van der Waals surface area contributed by atoms with Crippen LogP contribution in [0, 0.1) is 5.92 Å². The Kier molecular flexibility index (Phi) is 4.24. The van der Waals surface area contributed by atoms with Gasteiger partial charge in [0.05, 0.1) is 23.0 Å². The number of carbonyl (C=O) groups is 2. The standard InChI is InChI=1S/C13H20N4O2/c1-7(2)5-8-10(11(14)18)16-6-9(17-8)13(3,4)12(15)19/h6-7H,5H2,1-4H3,(H2,14,18)(H2,15,19). The average molecular weight is 264 g/mol. The van der Waals surface area contributed by atoms with Gasteiger partial charge >= 0.3 is 0 Å². The van der Waals surface area contributed by atoms with Gasteiger partial charge in [0.15, 0.2) is 0 Å². The van der Waals surface area contributed by atoms with Crippen LogP contribution in [-0.4, -0.2) is 21.8 Å². The molecular weight excluding hydrogens is 244 g/mol. The molecule has 1 heterocycles. The highest BCUT2D eigenvalue weighted by molar-refractivity contribution is 5.92. The predicted molar refractivity (Wildman–Crippen MR) is 71.3 cm³/mol. The van der Waals surface area contributed by atoms with Gasteiger partial charge in [0, 0.05) is 0 Å². The van der Waals surface area contributed by atoms with Gasteiger partial charge in [-0.05, 0) is 26.2 Å². The van der Waals surface area contributed by atoms with Crippen LogP contribution in [0.15, 0.2) is 6.20 Å². The van der Waals surface area contributed by atoms with Crippen LogP contribution in [0.1, 0.15) is 49.6 Å². The van der Waals surface area contributed by atoms with Crippen molar-refractivity contribution in [1.82, 2.24) is 9.97 Å². The van der Waals surface area contributed by atoms with E-state index in [9.17, 15) is 9.59 Å². The van der Waals surface area contributed by atoms with Crippen LogP contribution in [0.5, 0.6) is 0 Å². The molecule has 2 amide bonds. The summed E-state index contributed by atoms with van der Waals surface area (Å²) in [7, 11) is 0. The Morgan fingerprint density at radius 2 is 1.89 bits per heavy atom. The van der Waals surface area contributed by atoms with E-state index in [-0.39, 0.29) is 5.69 Å². The number of rotatable bonds is 5. The molecule has 0 bridgehead atoms. The molecule has 6 nitrogen and oxygen atoms in total. The predicted octanol–water partition coefficient (Wildman–Crippen LogP) is 0.537. The lowest BCUT2D eigenvalue weighted by molar-refractivity contribution is -0.122.